The highest BCUT2D eigenvalue weighted by atomic mass is 14.7. The first-order chi connectivity index (χ1) is 6.36. The van der Waals surface area contributed by atoms with Crippen molar-refractivity contribution in [2.75, 3.05) is 0 Å². The summed E-state index contributed by atoms with van der Waals surface area (Å²) >= 11 is 0. The van der Waals surface area contributed by atoms with Gasteiger partial charge < -0.3 is 0 Å². The van der Waals surface area contributed by atoms with Crippen molar-refractivity contribution in [3.63, 3.8) is 0 Å². The van der Waals surface area contributed by atoms with Crippen LogP contribution in [-0.4, -0.2) is 4.98 Å². The van der Waals surface area contributed by atoms with Crippen LogP contribution in [0.3, 0.4) is 0 Å². The number of aromatic nitrogens is 1. The van der Waals surface area contributed by atoms with E-state index in [2.05, 4.69) is 42.3 Å². The average molecular weight is 173 g/mol. The van der Waals surface area contributed by atoms with Gasteiger partial charge in [0.1, 0.15) is 0 Å². The second-order valence-corrected chi connectivity index (χ2v) is 3.67. The first kappa shape index (κ1) is 8.49. The van der Waals surface area contributed by atoms with Crippen LogP contribution in [0.25, 0.3) is 0 Å². The first-order valence-electron chi connectivity index (χ1n) is 4.96. The normalized spacial score (nSPS) is 21.8. The van der Waals surface area contributed by atoms with Gasteiger partial charge in [0.15, 0.2) is 0 Å². The van der Waals surface area contributed by atoms with Crippen LogP contribution in [0.2, 0.25) is 0 Å². The third-order valence-corrected chi connectivity index (χ3v) is 2.54. The van der Waals surface area contributed by atoms with Crippen molar-refractivity contribution in [1.82, 2.24) is 4.98 Å². The monoisotopic (exact) mass is 173 g/mol. The topological polar surface area (TPSA) is 12.9 Å². The van der Waals surface area contributed by atoms with Crippen molar-refractivity contribution in [2.45, 2.75) is 32.1 Å². The Bertz CT molecular complexity index is 315. The maximum Gasteiger partial charge on any atom is 0.0475 e. The summed E-state index contributed by atoms with van der Waals surface area (Å²) in [5, 5.41) is 0. The van der Waals surface area contributed by atoms with Crippen molar-refractivity contribution in [3.05, 3.63) is 41.7 Å². The molecule has 0 aliphatic heterocycles. The van der Waals surface area contributed by atoms with Crippen LogP contribution in [0.5, 0.6) is 0 Å². The molecule has 0 N–H and O–H groups in total. The van der Waals surface area contributed by atoms with Crippen LogP contribution in [0.1, 0.15) is 36.6 Å². The van der Waals surface area contributed by atoms with Gasteiger partial charge >= 0.3 is 0 Å². The minimum Gasteiger partial charge on any atom is -0.258 e. The predicted octanol–water partition coefficient (Wildman–Crippen LogP) is 3.21. The second kappa shape index (κ2) is 3.73. The molecule has 68 valence electrons. The van der Waals surface area contributed by atoms with Crippen LogP contribution < -0.4 is 0 Å². The Hall–Kier alpha value is -1.11. The predicted molar refractivity (Wildman–Crippen MR) is 54.7 cm³/mol. The maximum atomic E-state index is 4.55. The molecule has 0 fully saturated rings. The molecule has 1 aliphatic carbocycles. The molecule has 1 heterocycles. The average Bonchev–Trinajstić information content (AvgIpc) is 2.19. The van der Waals surface area contributed by atoms with Gasteiger partial charge in [-0.2, -0.15) is 0 Å². The fraction of sp³-hybridized carbons (Fsp3) is 0.417. The van der Waals surface area contributed by atoms with Gasteiger partial charge in [-0.15, -0.1) is 0 Å². The molecule has 1 aromatic rings. The molecular weight excluding hydrogens is 158 g/mol. The largest absolute Gasteiger partial charge is 0.258 e. The van der Waals surface area contributed by atoms with Crippen LogP contribution in [-0.2, 0) is 0 Å². The van der Waals surface area contributed by atoms with Crippen LogP contribution >= 0.6 is 0 Å². The molecule has 0 spiro atoms. The quantitative estimate of drug-likeness (QED) is 0.594. The Morgan fingerprint density at radius 1 is 1.38 bits per heavy atom. The minimum absolute atomic E-state index is 0.564. The third-order valence-electron chi connectivity index (χ3n) is 2.54. The summed E-state index contributed by atoms with van der Waals surface area (Å²) in [5.41, 5.74) is 2.35. The summed E-state index contributed by atoms with van der Waals surface area (Å²) in [6.07, 6.45) is 8.37. The first-order valence-corrected chi connectivity index (χ1v) is 4.96. The van der Waals surface area contributed by atoms with Crippen molar-refractivity contribution < 1.29 is 0 Å². The summed E-state index contributed by atoms with van der Waals surface area (Å²) in [6, 6.07) is 6.28. The van der Waals surface area contributed by atoms with E-state index < -0.39 is 0 Å². The zero-order valence-electron chi connectivity index (χ0n) is 8.03. The molecular formula is C12H15N. The third kappa shape index (κ3) is 1.97. The van der Waals surface area contributed by atoms with Gasteiger partial charge in [-0.1, -0.05) is 18.2 Å². The van der Waals surface area contributed by atoms with Gasteiger partial charge in [0.2, 0.25) is 0 Å². The van der Waals surface area contributed by atoms with Gasteiger partial charge in [-0.3, -0.25) is 4.98 Å². The molecule has 1 aliphatic rings. The van der Waals surface area contributed by atoms with E-state index >= 15 is 0 Å². The van der Waals surface area contributed by atoms with E-state index in [9.17, 15) is 0 Å². The van der Waals surface area contributed by atoms with Crippen LogP contribution in [0.15, 0.2) is 30.4 Å². The zero-order chi connectivity index (χ0) is 9.10. The summed E-state index contributed by atoms with van der Waals surface area (Å²) in [6.45, 7) is 2.05. The highest BCUT2D eigenvalue weighted by Crippen LogP contribution is 2.25. The SMILES string of the molecule is Cc1cccc([C@H]2C=CCCC2)n1. The number of nitrogens with zero attached hydrogens (tertiary/aromatic N) is 1. The van der Waals surface area contributed by atoms with Crippen LogP contribution in [0, 0.1) is 6.92 Å². The van der Waals surface area contributed by atoms with Gasteiger partial charge in [-0.25, -0.2) is 0 Å². The van der Waals surface area contributed by atoms with E-state index in [1.165, 1.54) is 25.0 Å². The van der Waals surface area contributed by atoms with E-state index in [1.807, 2.05) is 0 Å². The van der Waals surface area contributed by atoms with Crippen molar-refractivity contribution in [2.24, 2.45) is 0 Å². The Morgan fingerprint density at radius 2 is 2.31 bits per heavy atom. The van der Waals surface area contributed by atoms with E-state index in [-0.39, 0.29) is 0 Å². The smallest absolute Gasteiger partial charge is 0.0475 e. The lowest BCUT2D eigenvalue weighted by atomic mass is 9.92. The summed E-state index contributed by atoms with van der Waals surface area (Å²) < 4.78 is 0. The zero-order valence-corrected chi connectivity index (χ0v) is 8.03. The molecule has 0 amide bonds. The van der Waals surface area contributed by atoms with Gasteiger partial charge in [0.05, 0.1) is 0 Å². The standard InChI is InChI=1S/C12H15N/c1-10-6-5-9-12(13-10)11-7-3-2-4-8-11/h3,5-7,9,11H,2,4,8H2,1H3/t11-/m0/s1. The van der Waals surface area contributed by atoms with E-state index in [0.717, 1.165) is 5.69 Å². The van der Waals surface area contributed by atoms with Crippen molar-refractivity contribution >= 4 is 0 Å². The second-order valence-electron chi connectivity index (χ2n) is 3.67. The number of hydrogen-bond acceptors (Lipinski definition) is 1. The number of rotatable bonds is 1. The molecule has 0 radical (unpaired) electrons. The maximum absolute atomic E-state index is 4.55. The van der Waals surface area contributed by atoms with Gasteiger partial charge in [-0.05, 0) is 38.3 Å². The Labute approximate surface area is 79.5 Å². The molecule has 0 bridgehead atoms. The number of pyridine rings is 1. The fourth-order valence-corrected chi connectivity index (χ4v) is 1.83. The molecule has 1 atom stereocenters. The van der Waals surface area contributed by atoms with Gasteiger partial charge in [0.25, 0.3) is 0 Å². The number of allylic oxidation sites excluding steroid dienone is 2. The summed E-state index contributed by atoms with van der Waals surface area (Å²) in [5.74, 6) is 0.564. The molecule has 1 aromatic heterocycles. The summed E-state index contributed by atoms with van der Waals surface area (Å²) in [4.78, 5) is 4.55. The molecule has 1 heteroatoms. The van der Waals surface area contributed by atoms with Gasteiger partial charge in [0, 0.05) is 17.3 Å². The minimum atomic E-state index is 0.564. The molecule has 0 aromatic carbocycles. The highest BCUT2D eigenvalue weighted by molar-refractivity contribution is 5.19. The molecule has 2 rings (SSSR count). The molecule has 1 nitrogen and oxygen atoms in total. The highest BCUT2D eigenvalue weighted by Gasteiger charge is 2.11. The lowest BCUT2D eigenvalue weighted by Gasteiger charge is -2.15. The number of hydrogen-bond donors (Lipinski definition) is 0. The lowest BCUT2D eigenvalue weighted by Crippen LogP contribution is -2.02. The van der Waals surface area contributed by atoms with Crippen molar-refractivity contribution in [3.8, 4) is 0 Å². The van der Waals surface area contributed by atoms with Crippen LogP contribution in [0.4, 0.5) is 0 Å². The number of aryl methyl sites for hydroxylation is 1. The molecule has 13 heavy (non-hydrogen) atoms. The molecule has 0 saturated carbocycles. The van der Waals surface area contributed by atoms with E-state index in [4.69, 9.17) is 0 Å². The Morgan fingerprint density at radius 3 is 3.00 bits per heavy atom. The molecule has 0 saturated heterocycles. The fourth-order valence-electron chi connectivity index (χ4n) is 1.83. The van der Waals surface area contributed by atoms with Crippen molar-refractivity contribution in [1.29, 1.82) is 0 Å². The summed E-state index contributed by atoms with van der Waals surface area (Å²) in [7, 11) is 0. The Balaban J connectivity index is 2.24. The Kier molecular flexibility index (Phi) is 2.44. The molecule has 0 unspecified atom stereocenters. The van der Waals surface area contributed by atoms with E-state index in [0.29, 0.717) is 5.92 Å². The lowest BCUT2D eigenvalue weighted by molar-refractivity contribution is 0.640. The van der Waals surface area contributed by atoms with E-state index in [1.54, 1.807) is 0 Å².